The maximum Gasteiger partial charge on any atom is 0.232 e. The Hall–Kier alpha value is -1.03. The first kappa shape index (κ1) is 12.0. The van der Waals surface area contributed by atoms with E-state index in [0.29, 0.717) is 13.0 Å². The summed E-state index contributed by atoms with van der Waals surface area (Å²) in [6.45, 7) is 2.27. The summed E-state index contributed by atoms with van der Waals surface area (Å²) in [5, 5.41) is 2.44. The third-order valence-corrected chi connectivity index (χ3v) is 2.24. The monoisotopic (exact) mass is 227 g/mol. The molecule has 1 unspecified atom stereocenters. The lowest BCUT2D eigenvalue weighted by Gasteiger charge is -2.06. The fraction of sp³-hybridized carbons (Fsp3) is 0.364. The quantitative estimate of drug-likeness (QED) is 0.755. The molecule has 4 heteroatoms. The zero-order valence-electron chi connectivity index (χ0n) is 8.53. The molecule has 1 atom stereocenters. The normalized spacial score (nSPS) is 12.2. The highest BCUT2D eigenvalue weighted by Crippen LogP contribution is 2.02. The van der Waals surface area contributed by atoms with Gasteiger partial charge in [-0.3, -0.25) is 4.79 Å². The van der Waals surface area contributed by atoms with Gasteiger partial charge in [0.1, 0.15) is 5.82 Å². The molecule has 1 aromatic rings. The minimum absolute atomic E-state index is 0.0829. The number of rotatable bonds is 4. The average Bonchev–Trinajstić information content (AvgIpc) is 2.20. The van der Waals surface area contributed by atoms with Crippen LogP contribution in [0.15, 0.2) is 24.3 Å². The minimum atomic E-state index is -0.293. The van der Waals surface area contributed by atoms with Crippen molar-refractivity contribution < 1.29 is 9.18 Å². The molecule has 15 heavy (non-hydrogen) atoms. The first-order valence-electron chi connectivity index (χ1n) is 4.80. The van der Waals surface area contributed by atoms with E-state index in [1.54, 1.807) is 19.1 Å². The average molecular weight is 227 g/mol. The van der Waals surface area contributed by atoms with Crippen LogP contribution in [0.5, 0.6) is 0 Å². The summed E-state index contributed by atoms with van der Waals surface area (Å²) in [6, 6.07) is 6.26. The van der Waals surface area contributed by atoms with Gasteiger partial charge < -0.3 is 5.32 Å². The molecule has 0 saturated carbocycles. The van der Waals surface area contributed by atoms with E-state index in [0.717, 1.165) is 5.56 Å². The van der Waals surface area contributed by atoms with Crippen LogP contribution in [0.4, 0.5) is 4.39 Å². The number of halogens is 1. The number of thiol groups is 1. The molecule has 1 N–H and O–H groups in total. The Bertz CT molecular complexity index is 324. The maximum absolute atomic E-state index is 12.6. The van der Waals surface area contributed by atoms with Crippen LogP contribution < -0.4 is 5.32 Å². The van der Waals surface area contributed by atoms with Gasteiger partial charge in [0.2, 0.25) is 5.91 Å². The fourth-order valence-electron chi connectivity index (χ4n) is 1.13. The van der Waals surface area contributed by atoms with E-state index in [4.69, 9.17) is 0 Å². The number of carbonyl (C=O) groups is 1. The Morgan fingerprint density at radius 2 is 2.07 bits per heavy atom. The number of benzene rings is 1. The lowest BCUT2D eigenvalue weighted by Crippen LogP contribution is -2.31. The van der Waals surface area contributed by atoms with Gasteiger partial charge in [0.15, 0.2) is 0 Å². The zero-order chi connectivity index (χ0) is 11.3. The first-order chi connectivity index (χ1) is 7.09. The SMILES string of the molecule is CC(S)C(=O)NCCc1ccc(F)cc1. The van der Waals surface area contributed by atoms with Crippen LogP contribution in [0.2, 0.25) is 0 Å². The van der Waals surface area contributed by atoms with Gasteiger partial charge in [-0.2, -0.15) is 12.6 Å². The molecule has 0 saturated heterocycles. The molecule has 1 aromatic carbocycles. The third kappa shape index (κ3) is 4.34. The van der Waals surface area contributed by atoms with Crippen LogP contribution in [0.3, 0.4) is 0 Å². The van der Waals surface area contributed by atoms with Crippen LogP contribution in [0, 0.1) is 5.82 Å². The number of carbonyl (C=O) groups excluding carboxylic acids is 1. The van der Waals surface area contributed by atoms with Crippen molar-refractivity contribution in [1.29, 1.82) is 0 Å². The van der Waals surface area contributed by atoms with Gasteiger partial charge in [0.25, 0.3) is 0 Å². The second kappa shape index (κ2) is 5.75. The topological polar surface area (TPSA) is 29.1 Å². The van der Waals surface area contributed by atoms with Gasteiger partial charge in [-0.05, 0) is 31.0 Å². The van der Waals surface area contributed by atoms with Crippen molar-refractivity contribution in [3.8, 4) is 0 Å². The molecule has 1 amide bonds. The van der Waals surface area contributed by atoms with E-state index in [1.165, 1.54) is 12.1 Å². The van der Waals surface area contributed by atoms with Gasteiger partial charge in [0, 0.05) is 6.54 Å². The van der Waals surface area contributed by atoms with Crippen LogP contribution in [0.25, 0.3) is 0 Å². The molecule has 82 valence electrons. The van der Waals surface area contributed by atoms with Gasteiger partial charge in [0.05, 0.1) is 5.25 Å². The summed E-state index contributed by atoms with van der Waals surface area (Å²) in [7, 11) is 0. The summed E-state index contributed by atoms with van der Waals surface area (Å²) in [5.41, 5.74) is 1.00. The molecular weight excluding hydrogens is 213 g/mol. The van der Waals surface area contributed by atoms with Crippen molar-refractivity contribution in [2.24, 2.45) is 0 Å². The molecule has 0 heterocycles. The van der Waals surface area contributed by atoms with Crippen LogP contribution in [-0.2, 0) is 11.2 Å². The molecule has 0 aliphatic carbocycles. The Morgan fingerprint density at radius 3 is 2.60 bits per heavy atom. The second-order valence-electron chi connectivity index (χ2n) is 3.34. The summed E-state index contributed by atoms with van der Waals surface area (Å²) >= 11 is 4.01. The van der Waals surface area contributed by atoms with Crippen molar-refractivity contribution in [2.75, 3.05) is 6.54 Å². The third-order valence-electron chi connectivity index (χ3n) is 2.01. The lowest BCUT2D eigenvalue weighted by atomic mass is 10.1. The first-order valence-corrected chi connectivity index (χ1v) is 5.31. The van der Waals surface area contributed by atoms with Crippen molar-refractivity contribution in [1.82, 2.24) is 5.32 Å². The molecule has 0 fully saturated rings. The number of hydrogen-bond acceptors (Lipinski definition) is 2. The largest absolute Gasteiger partial charge is 0.355 e. The van der Waals surface area contributed by atoms with Crippen LogP contribution in [-0.4, -0.2) is 17.7 Å². The van der Waals surface area contributed by atoms with E-state index < -0.39 is 0 Å². The Kier molecular flexibility index (Phi) is 4.62. The van der Waals surface area contributed by atoms with Crippen molar-refractivity contribution >= 4 is 18.5 Å². The highest BCUT2D eigenvalue weighted by atomic mass is 32.1. The predicted molar refractivity (Wildman–Crippen MR) is 61.6 cm³/mol. The fourth-order valence-corrected chi connectivity index (χ4v) is 1.22. The van der Waals surface area contributed by atoms with Gasteiger partial charge in [-0.15, -0.1) is 0 Å². The van der Waals surface area contributed by atoms with Crippen molar-refractivity contribution in [3.05, 3.63) is 35.6 Å². The Balaban J connectivity index is 2.32. The molecule has 0 aliphatic heterocycles. The molecular formula is C11H14FNOS. The predicted octanol–water partition coefficient (Wildman–Crippen LogP) is 1.80. The number of hydrogen-bond donors (Lipinski definition) is 2. The molecule has 2 nitrogen and oxygen atoms in total. The van der Waals surface area contributed by atoms with E-state index in [2.05, 4.69) is 17.9 Å². The zero-order valence-corrected chi connectivity index (χ0v) is 9.43. The van der Waals surface area contributed by atoms with Gasteiger partial charge >= 0.3 is 0 Å². The lowest BCUT2D eigenvalue weighted by molar-refractivity contribution is -0.120. The molecule has 1 rings (SSSR count). The number of nitrogens with one attached hydrogen (secondary N) is 1. The van der Waals surface area contributed by atoms with Crippen LogP contribution in [0.1, 0.15) is 12.5 Å². The molecule has 0 aromatic heterocycles. The van der Waals surface area contributed by atoms with Crippen molar-refractivity contribution in [2.45, 2.75) is 18.6 Å². The van der Waals surface area contributed by atoms with E-state index in [1.807, 2.05) is 0 Å². The standard InChI is InChI=1S/C11H14FNOS/c1-8(15)11(14)13-7-6-9-2-4-10(12)5-3-9/h2-5,8,15H,6-7H2,1H3,(H,13,14). The van der Waals surface area contributed by atoms with E-state index >= 15 is 0 Å². The summed E-state index contributed by atoms with van der Waals surface area (Å²) in [5.74, 6) is -0.327. The second-order valence-corrected chi connectivity index (χ2v) is 4.12. The Morgan fingerprint density at radius 1 is 1.47 bits per heavy atom. The minimum Gasteiger partial charge on any atom is -0.355 e. The molecule has 0 bridgehead atoms. The van der Waals surface area contributed by atoms with Gasteiger partial charge in [-0.1, -0.05) is 12.1 Å². The smallest absolute Gasteiger partial charge is 0.232 e. The molecule has 0 spiro atoms. The summed E-state index contributed by atoms with van der Waals surface area (Å²) in [4.78, 5) is 11.1. The summed E-state index contributed by atoms with van der Waals surface area (Å²) in [6.07, 6.45) is 0.701. The highest BCUT2D eigenvalue weighted by Gasteiger charge is 2.05. The van der Waals surface area contributed by atoms with Crippen LogP contribution >= 0.6 is 12.6 Å². The summed E-state index contributed by atoms with van der Waals surface area (Å²) < 4.78 is 12.6. The van der Waals surface area contributed by atoms with Crippen molar-refractivity contribution in [3.63, 3.8) is 0 Å². The highest BCUT2D eigenvalue weighted by molar-refractivity contribution is 7.81. The maximum atomic E-state index is 12.6. The van der Waals surface area contributed by atoms with E-state index in [-0.39, 0.29) is 17.0 Å². The number of amides is 1. The Labute approximate surface area is 94.3 Å². The van der Waals surface area contributed by atoms with E-state index in [9.17, 15) is 9.18 Å². The molecule has 0 aliphatic rings. The van der Waals surface area contributed by atoms with Gasteiger partial charge in [-0.25, -0.2) is 4.39 Å². The molecule has 0 radical (unpaired) electrons.